The average molecular weight is 457 g/mol. The fourth-order valence-corrected chi connectivity index (χ4v) is 4.26. The van der Waals surface area contributed by atoms with Crippen molar-refractivity contribution in [3.63, 3.8) is 0 Å². The number of urea groups is 1. The van der Waals surface area contributed by atoms with Crippen LogP contribution in [0.2, 0.25) is 0 Å². The summed E-state index contributed by atoms with van der Waals surface area (Å²) in [5.41, 5.74) is 8.79. The van der Waals surface area contributed by atoms with Crippen LogP contribution >= 0.6 is 0 Å². The summed E-state index contributed by atoms with van der Waals surface area (Å²) in [7, 11) is 0. The zero-order chi connectivity index (χ0) is 23.7. The van der Waals surface area contributed by atoms with Gasteiger partial charge in [-0.15, -0.1) is 0 Å². The van der Waals surface area contributed by atoms with E-state index in [1.807, 2.05) is 48.5 Å². The zero-order valence-corrected chi connectivity index (χ0v) is 18.4. The van der Waals surface area contributed by atoms with Crippen molar-refractivity contribution in [2.75, 3.05) is 6.79 Å². The maximum Gasteiger partial charge on any atom is 0.328 e. The van der Waals surface area contributed by atoms with Crippen LogP contribution < -0.4 is 15.2 Å². The number of carbonyl (C=O) groups is 2. The Morgan fingerprint density at radius 2 is 1.59 bits per heavy atom. The number of nitrogens with one attached hydrogen (secondary N) is 1. The van der Waals surface area contributed by atoms with Crippen LogP contribution in [-0.4, -0.2) is 40.4 Å². The largest absolute Gasteiger partial charge is 0.454 e. The molecule has 2 aliphatic rings. The van der Waals surface area contributed by atoms with Crippen LogP contribution in [0.25, 0.3) is 0 Å². The summed E-state index contributed by atoms with van der Waals surface area (Å²) in [6, 6.07) is 21.3. The molecule has 1 saturated heterocycles. The molecule has 1 fully saturated rings. The first-order valence-electron chi connectivity index (χ1n) is 11.0. The van der Waals surface area contributed by atoms with Gasteiger partial charge >= 0.3 is 6.03 Å². The van der Waals surface area contributed by atoms with Crippen molar-refractivity contribution >= 4 is 17.8 Å². The van der Waals surface area contributed by atoms with Gasteiger partial charge in [-0.3, -0.25) is 15.1 Å². The molecule has 2 aliphatic heterocycles. The van der Waals surface area contributed by atoms with E-state index in [2.05, 4.69) is 0 Å². The van der Waals surface area contributed by atoms with Gasteiger partial charge in [0.2, 0.25) is 6.79 Å². The first-order valence-corrected chi connectivity index (χ1v) is 11.0. The van der Waals surface area contributed by atoms with Crippen LogP contribution in [0, 0.1) is 5.41 Å². The van der Waals surface area contributed by atoms with Crippen LogP contribution in [0.4, 0.5) is 4.79 Å². The van der Waals surface area contributed by atoms with Gasteiger partial charge in [0.05, 0.1) is 6.54 Å². The molecule has 0 bridgehead atoms. The number of nitrogen functional groups attached to an aromatic ring is 1. The third-order valence-corrected chi connectivity index (χ3v) is 6.07. The Hall–Kier alpha value is -4.33. The predicted octanol–water partition coefficient (Wildman–Crippen LogP) is 3.28. The van der Waals surface area contributed by atoms with E-state index < -0.39 is 6.04 Å². The second-order valence-electron chi connectivity index (χ2n) is 8.34. The van der Waals surface area contributed by atoms with Crippen LogP contribution in [0.5, 0.6) is 11.5 Å². The summed E-state index contributed by atoms with van der Waals surface area (Å²) >= 11 is 0. The second-order valence-corrected chi connectivity index (χ2v) is 8.34. The maximum absolute atomic E-state index is 13.5. The summed E-state index contributed by atoms with van der Waals surface area (Å²) in [5, 5.41) is 7.57. The summed E-state index contributed by atoms with van der Waals surface area (Å²) in [5.74, 6) is 1.01. The Kier molecular flexibility index (Phi) is 5.63. The lowest BCUT2D eigenvalue weighted by Gasteiger charge is -2.22. The monoisotopic (exact) mass is 456 g/mol. The Morgan fingerprint density at radius 3 is 2.32 bits per heavy atom. The van der Waals surface area contributed by atoms with Crippen molar-refractivity contribution in [3.8, 4) is 11.5 Å². The normalized spacial score (nSPS) is 16.9. The molecule has 3 aromatic carbocycles. The highest BCUT2D eigenvalue weighted by Gasteiger charge is 2.44. The van der Waals surface area contributed by atoms with E-state index in [1.54, 1.807) is 29.2 Å². The fraction of sp³-hybridized carbons (Fsp3) is 0.192. The molecule has 1 atom stereocenters. The van der Waals surface area contributed by atoms with Gasteiger partial charge in [-0.2, -0.15) is 0 Å². The molecule has 3 amide bonds. The average Bonchev–Trinajstić information content (AvgIpc) is 3.40. The van der Waals surface area contributed by atoms with E-state index in [-0.39, 0.29) is 31.1 Å². The summed E-state index contributed by atoms with van der Waals surface area (Å²) < 4.78 is 10.8. The molecule has 0 unspecified atom stereocenters. The lowest BCUT2D eigenvalue weighted by atomic mass is 10.0. The number of hydrogen-bond acceptors (Lipinski definition) is 5. The standard InChI is InChI=1S/C26H24N4O4/c27-24(28)20-9-6-17(7-10-20)12-21-25(31)30(15-19-8-11-22-23(13-19)34-16-33-22)26(32)29(21)14-18-4-2-1-3-5-18/h1-11,13,21H,12,14-16H2,(H3,27,28)/t21-/m0/s1. The number of fused-ring (bicyclic) bond motifs is 1. The molecule has 3 aromatic rings. The topological polar surface area (TPSA) is 109 Å². The highest BCUT2D eigenvalue weighted by atomic mass is 16.7. The number of rotatable bonds is 7. The first-order chi connectivity index (χ1) is 16.5. The first kappa shape index (κ1) is 21.5. The summed E-state index contributed by atoms with van der Waals surface area (Å²) in [4.78, 5) is 29.8. The van der Waals surface area contributed by atoms with Gasteiger partial charge in [-0.05, 0) is 28.8 Å². The molecule has 172 valence electrons. The van der Waals surface area contributed by atoms with Crippen molar-refractivity contribution in [2.24, 2.45) is 5.73 Å². The number of nitrogens with zero attached hydrogens (tertiary/aromatic N) is 2. The van der Waals surface area contributed by atoms with E-state index in [9.17, 15) is 9.59 Å². The number of hydrogen-bond donors (Lipinski definition) is 2. The number of benzene rings is 3. The number of imide groups is 1. The Labute approximate surface area is 197 Å². The van der Waals surface area contributed by atoms with Gasteiger partial charge in [0, 0.05) is 18.5 Å². The van der Waals surface area contributed by atoms with Crippen molar-refractivity contribution in [2.45, 2.75) is 25.6 Å². The number of amides is 3. The Balaban J connectivity index is 1.41. The highest BCUT2D eigenvalue weighted by molar-refractivity contribution is 6.04. The summed E-state index contributed by atoms with van der Waals surface area (Å²) in [6.07, 6.45) is 0.368. The van der Waals surface area contributed by atoms with Crippen LogP contribution in [0.1, 0.15) is 22.3 Å². The number of nitrogens with two attached hydrogens (primary N) is 1. The second kappa shape index (κ2) is 8.90. The minimum absolute atomic E-state index is 0.0146. The van der Waals surface area contributed by atoms with Gasteiger partial charge in [0.15, 0.2) is 11.5 Å². The Bertz CT molecular complexity index is 1240. The van der Waals surface area contributed by atoms with E-state index in [0.29, 0.717) is 30.0 Å². The predicted molar refractivity (Wildman–Crippen MR) is 125 cm³/mol. The van der Waals surface area contributed by atoms with Gasteiger partial charge in [-0.1, -0.05) is 60.7 Å². The molecule has 5 rings (SSSR count). The minimum atomic E-state index is -0.634. The molecule has 0 aliphatic carbocycles. The smallest absolute Gasteiger partial charge is 0.328 e. The van der Waals surface area contributed by atoms with Crippen LogP contribution in [0.3, 0.4) is 0 Å². The third kappa shape index (κ3) is 4.17. The van der Waals surface area contributed by atoms with Gasteiger partial charge < -0.3 is 20.1 Å². The van der Waals surface area contributed by atoms with Gasteiger partial charge in [0.1, 0.15) is 11.9 Å². The molecule has 0 radical (unpaired) electrons. The van der Waals surface area contributed by atoms with Crippen molar-refractivity contribution in [1.82, 2.24) is 9.80 Å². The summed E-state index contributed by atoms with van der Waals surface area (Å²) in [6.45, 7) is 0.647. The molecule has 34 heavy (non-hydrogen) atoms. The van der Waals surface area contributed by atoms with E-state index in [4.69, 9.17) is 20.6 Å². The van der Waals surface area contributed by atoms with Gasteiger partial charge in [0.25, 0.3) is 5.91 Å². The molecule has 8 heteroatoms. The molecule has 2 heterocycles. The molecule has 0 saturated carbocycles. The van der Waals surface area contributed by atoms with Crippen LogP contribution in [-0.2, 0) is 24.3 Å². The van der Waals surface area contributed by atoms with Crippen molar-refractivity contribution < 1.29 is 19.1 Å². The zero-order valence-electron chi connectivity index (χ0n) is 18.4. The number of amidine groups is 1. The van der Waals surface area contributed by atoms with Crippen molar-refractivity contribution in [3.05, 3.63) is 95.1 Å². The highest BCUT2D eigenvalue weighted by Crippen LogP contribution is 2.34. The SMILES string of the molecule is N=C(N)c1ccc(C[C@H]2C(=O)N(Cc3ccc4c(c3)OCO4)C(=O)N2Cc2ccccc2)cc1. The quantitative estimate of drug-likeness (QED) is 0.322. The Morgan fingerprint density at radius 1 is 0.882 bits per heavy atom. The third-order valence-electron chi connectivity index (χ3n) is 6.07. The molecular formula is C26H24N4O4. The molecule has 0 spiro atoms. The van der Waals surface area contributed by atoms with Gasteiger partial charge in [-0.25, -0.2) is 4.79 Å². The van der Waals surface area contributed by atoms with E-state index in [1.165, 1.54) is 4.90 Å². The molecule has 3 N–H and O–H groups in total. The van der Waals surface area contributed by atoms with E-state index in [0.717, 1.165) is 16.7 Å². The fourth-order valence-electron chi connectivity index (χ4n) is 4.26. The minimum Gasteiger partial charge on any atom is -0.454 e. The lowest BCUT2D eigenvalue weighted by Crippen LogP contribution is -2.36. The molecular weight excluding hydrogens is 432 g/mol. The van der Waals surface area contributed by atoms with E-state index >= 15 is 0 Å². The number of carbonyl (C=O) groups excluding carboxylic acids is 2. The molecule has 8 nitrogen and oxygen atoms in total. The van der Waals surface area contributed by atoms with Crippen molar-refractivity contribution in [1.29, 1.82) is 5.41 Å². The number of ether oxygens (including phenoxy) is 2. The maximum atomic E-state index is 13.5. The lowest BCUT2D eigenvalue weighted by molar-refractivity contribution is -0.128. The molecule has 0 aromatic heterocycles. The van der Waals surface area contributed by atoms with Crippen LogP contribution in [0.15, 0.2) is 72.8 Å².